The van der Waals surface area contributed by atoms with E-state index in [1.165, 1.54) is 7.11 Å². The summed E-state index contributed by atoms with van der Waals surface area (Å²) >= 11 is 0. The molecule has 2 fully saturated rings. The molecule has 1 heterocycles. The van der Waals surface area contributed by atoms with E-state index in [2.05, 4.69) is 4.90 Å². The van der Waals surface area contributed by atoms with E-state index in [9.17, 15) is 4.79 Å². The first-order valence-electron chi connectivity index (χ1n) is 5.80. The summed E-state index contributed by atoms with van der Waals surface area (Å²) in [5.74, 6) is 0.283. The monoisotopic (exact) mass is 229 g/mol. The van der Waals surface area contributed by atoms with E-state index >= 15 is 0 Å². The Morgan fingerprint density at radius 1 is 1.62 bits per heavy atom. The van der Waals surface area contributed by atoms with Gasteiger partial charge >= 0.3 is 5.97 Å². The number of morpholine rings is 1. The molecule has 5 heteroatoms. The minimum atomic E-state index is -0.167. The quantitative estimate of drug-likeness (QED) is 0.667. The predicted molar refractivity (Wildman–Crippen MR) is 56.9 cm³/mol. The Kier molecular flexibility index (Phi) is 3.78. The van der Waals surface area contributed by atoms with Gasteiger partial charge in [0.05, 0.1) is 26.4 Å². The molecule has 1 saturated heterocycles. The first kappa shape index (κ1) is 11.8. The minimum Gasteiger partial charge on any atom is -0.468 e. The second-order valence-electron chi connectivity index (χ2n) is 4.48. The van der Waals surface area contributed by atoms with E-state index in [0.29, 0.717) is 19.1 Å². The van der Waals surface area contributed by atoms with Gasteiger partial charge < -0.3 is 14.6 Å². The molecule has 2 atom stereocenters. The normalized spacial score (nSPS) is 28.8. The van der Waals surface area contributed by atoms with E-state index in [1.54, 1.807) is 0 Å². The highest BCUT2D eigenvalue weighted by atomic mass is 16.5. The van der Waals surface area contributed by atoms with Crippen LogP contribution in [0.3, 0.4) is 0 Å². The number of methoxy groups -OCH3 is 1. The second kappa shape index (κ2) is 5.12. The van der Waals surface area contributed by atoms with Crippen LogP contribution in [0.15, 0.2) is 0 Å². The van der Waals surface area contributed by atoms with Crippen LogP contribution in [0.25, 0.3) is 0 Å². The molecular formula is C11H19NO4. The lowest BCUT2D eigenvalue weighted by atomic mass is 10.1. The molecule has 1 aliphatic heterocycles. The topological polar surface area (TPSA) is 59.0 Å². The molecule has 16 heavy (non-hydrogen) atoms. The van der Waals surface area contributed by atoms with Crippen LogP contribution >= 0.6 is 0 Å². The van der Waals surface area contributed by atoms with Gasteiger partial charge in [-0.25, -0.2) is 0 Å². The van der Waals surface area contributed by atoms with Crippen molar-refractivity contribution in [2.45, 2.75) is 25.0 Å². The largest absolute Gasteiger partial charge is 0.468 e. The Morgan fingerprint density at radius 2 is 2.38 bits per heavy atom. The number of carbonyl (C=O) groups is 1. The van der Waals surface area contributed by atoms with Crippen LogP contribution in [0.5, 0.6) is 0 Å². The fourth-order valence-electron chi connectivity index (χ4n) is 2.28. The molecule has 0 radical (unpaired) electrons. The smallest absolute Gasteiger partial charge is 0.323 e. The number of rotatable bonds is 4. The van der Waals surface area contributed by atoms with Crippen molar-refractivity contribution in [2.75, 3.05) is 33.4 Å². The molecule has 92 valence electrons. The molecular weight excluding hydrogens is 210 g/mol. The lowest BCUT2D eigenvalue weighted by molar-refractivity contribution is -0.152. The zero-order valence-electron chi connectivity index (χ0n) is 9.59. The summed E-state index contributed by atoms with van der Waals surface area (Å²) in [7, 11) is 1.43. The minimum absolute atomic E-state index is 0.00899. The average Bonchev–Trinajstić information content (AvgIpc) is 3.14. The maximum atomic E-state index is 11.7. The Bertz CT molecular complexity index is 254. The van der Waals surface area contributed by atoms with E-state index < -0.39 is 0 Å². The van der Waals surface area contributed by atoms with Crippen LogP contribution in [0.1, 0.15) is 12.8 Å². The molecule has 2 aliphatic rings. The van der Waals surface area contributed by atoms with Gasteiger partial charge in [-0.3, -0.25) is 9.69 Å². The molecule has 2 rings (SSSR count). The summed E-state index contributed by atoms with van der Waals surface area (Å²) in [4.78, 5) is 13.8. The molecule has 0 aromatic rings. The van der Waals surface area contributed by atoms with Gasteiger partial charge in [0.1, 0.15) is 6.04 Å². The highest BCUT2D eigenvalue weighted by molar-refractivity contribution is 5.76. The number of hydrogen-bond donors (Lipinski definition) is 1. The van der Waals surface area contributed by atoms with Crippen molar-refractivity contribution in [1.82, 2.24) is 4.90 Å². The SMILES string of the molecule is COC(=O)C(C1CC1)N1CCOC(CO)C1. The van der Waals surface area contributed by atoms with Crippen molar-refractivity contribution in [3.8, 4) is 0 Å². The predicted octanol–water partition coefficient (Wildman–Crippen LogP) is -0.369. The number of ether oxygens (including phenoxy) is 2. The van der Waals surface area contributed by atoms with E-state index in [4.69, 9.17) is 14.6 Å². The second-order valence-corrected chi connectivity index (χ2v) is 4.48. The zero-order chi connectivity index (χ0) is 11.5. The molecule has 0 amide bonds. The molecule has 0 aromatic carbocycles. The summed E-state index contributed by atoms with van der Waals surface area (Å²) in [5.41, 5.74) is 0. The van der Waals surface area contributed by atoms with Crippen LogP contribution in [0, 0.1) is 5.92 Å². The number of hydrogen-bond acceptors (Lipinski definition) is 5. The van der Waals surface area contributed by atoms with E-state index in [0.717, 1.165) is 19.4 Å². The van der Waals surface area contributed by atoms with Crippen LogP contribution in [0.2, 0.25) is 0 Å². The highest BCUT2D eigenvalue weighted by Crippen LogP contribution is 2.36. The number of nitrogens with zero attached hydrogens (tertiary/aromatic N) is 1. The highest BCUT2D eigenvalue weighted by Gasteiger charge is 2.42. The number of esters is 1. The molecule has 1 aliphatic carbocycles. The van der Waals surface area contributed by atoms with E-state index in [-0.39, 0.29) is 24.7 Å². The van der Waals surface area contributed by atoms with Gasteiger partial charge in [-0.15, -0.1) is 0 Å². The van der Waals surface area contributed by atoms with E-state index in [1.807, 2.05) is 0 Å². The van der Waals surface area contributed by atoms with Gasteiger partial charge in [0, 0.05) is 13.1 Å². The summed E-state index contributed by atoms with van der Waals surface area (Å²) in [6, 6.07) is -0.136. The lowest BCUT2D eigenvalue weighted by Gasteiger charge is -2.36. The summed E-state index contributed by atoms with van der Waals surface area (Å²) in [6.07, 6.45) is 2.03. The first-order chi connectivity index (χ1) is 7.76. The molecule has 0 spiro atoms. The van der Waals surface area contributed by atoms with Crippen molar-refractivity contribution in [3.63, 3.8) is 0 Å². The van der Waals surface area contributed by atoms with Crippen LogP contribution < -0.4 is 0 Å². The summed E-state index contributed by atoms with van der Waals surface area (Å²) in [6.45, 7) is 1.94. The molecule has 5 nitrogen and oxygen atoms in total. The number of carbonyl (C=O) groups excluding carboxylic acids is 1. The van der Waals surface area contributed by atoms with Crippen molar-refractivity contribution in [1.29, 1.82) is 0 Å². The molecule has 1 N–H and O–H groups in total. The zero-order valence-corrected chi connectivity index (χ0v) is 9.59. The van der Waals surface area contributed by atoms with Gasteiger partial charge in [-0.05, 0) is 18.8 Å². The Balaban J connectivity index is 1.98. The van der Waals surface area contributed by atoms with Crippen LogP contribution in [-0.4, -0.2) is 61.5 Å². The summed E-state index contributed by atoms with van der Waals surface area (Å²) in [5, 5.41) is 9.07. The third-order valence-electron chi connectivity index (χ3n) is 3.28. The van der Waals surface area contributed by atoms with Gasteiger partial charge in [-0.2, -0.15) is 0 Å². The van der Waals surface area contributed by atoms with Crippen molar-refractivity contribution >= 4 is 5.97 Å². The fourth-order valence-corrected chi connectivity index (χ4v) is 2.28. The average molecular weight is 229 g/mol. The van der Waals surface area contributed by atoms with Gasteiger partial charge in [0.2, 0.25) is 0 Å². The van der Waals surface area contributed by atoms with Crippen molar-refractivity contribution in [3.05, 3.63) is 0 Å². The molecule has 0 bridgehead atoms. The Morgan fingerprint density at radius 3 is 2.94 bits per heavy atom. The van der Waals surface area contributed by atoms with Crippen molar-refractivity contribution < 1.29 is 19.4 Å². The number of aliphatic hydroxyl groups excluding tert-OH is 1. The van der Waals surface area contributed by atoms with Gasteiger partial charge in [0.15, 0.2) is 0 Å². The van der Waals surface area contributed by atoms with Crippen LogP contribution in [-0.2, 0) is 14.3 Å². The Labute approximate surface area is 95.3 Å². The fraction of sp³-hybridized carbons (Fsp3) is 0.909. The molecule has 1 saturated carbocycles. The van der Waals surface area contributed by atoms with Gasteiger partial charge in [-0.1, -0.05) is 0 Å². The lowest BCUT2D eigenvalue weighted by Crippen LogP contribution is -2.52. The maximum absolute atomic E-state index is 11.7. The third kappa shape index (κ3) is 2.53. The first-order valence-corrected chi connectivity index (χ1v) is 5.80. The summed E-state index contributed by atoms with van der Waals surface area (Å²) < 4.78 is 10.2. The maximum Gasteiger partial charge on any atom is 0.323 e. The standard InChI is InChI=1S/C11H19NO4/c1-15-11(14)10(8-2-3-8)12-4-5-16-9(6-12)7-13/h8-10,13H,2-7H2,1H3. The third-order valence-corrected chi connectivity index (χ3v) is 3.28. The molecule has 0 aromatic heterocycles. The molecule has 2 unspecified atom stereocenters. The Hall–Kier alpha value is -0.650. The van der Waals surface area contributed by atoms with Crippen LogP contribution in [0.4, 0.5) is 0 Å². The number of aliphatic hydroxyl groups is 1. The van der Waals surface area contributed by atoms with Crippen molar-refractivity contribution in [2.24, 2.45) is 5.92 Å². The van der Waals surface area contributed by atoms with Gasteiger partial charge in [0.25, 0.3) is 0 Å².